The number of benzene rings is 2. The summed E-state index contributed by atoms with van der Waals surface area (Å²) in [6.07, 6.45) is 1.43. The largest absolute Gasteiger partial charge is 0.481 e. The topological polar surface area (TPSA) is 101 Å². The fourth-order valence-corrected chi connectivity index (χ4v) is 2.51. The Bertz CT molecular complexity index is 711. The SMILES string of the molecule is CC(C)Cc1ccc(C(C)C(=O)O)cc1.NC(Cc1ccccc1)C(=O)O. The summed E-state index contributed by atoms with van der Waals surface area (Å²) in [5, 5.41) is 17.4. The number of carboxylic acids is 2. The highest BCUT2D eigenvalue weighted by Gasteiger charge is 2.13. The zero-order valence-electron chi connectivity index (χ0n) is 16.1. The molecule has 2 unspecified atom stereocenters. The molecule has 0 aromatic heterocycles. The van der Waals surface area contributed by atoms with Crippen LogP contribution in [0.15, 0.2) is 54.6 Å². The molecule has 0 bridgehead atoms. The molecule has 5 heteroatoms. The van der Waals surface area contributed by atoms with Gasteiger partial charge in [-0.05, 0) is 42.4 Å². The third-order valence-electron chi connectivity index (χ3n) is 4.11. The molecule has 2 aromatic rings. The van der Waals surface area contributed by atoms with Crippen molar-refractivity contribution in [1.82, 2.24) is 0 Å². The smallest absolute Gasteiger partial charge is 0.320 e. The molecular formula is C22H29NO4. The molecule has 0 fully saturated rings. The van der Waals surface area contributed by atoms with Gasteiger partial charge < -0.3 is 15.9 Å². The van der Waals surface area contributed by atoms with Gasteiger partial charge in [0.15, 0.2) is 0 Å². The molecule has 2 rings (SSSR count). The molecule has 0 saturated heterocycles. The lowest BCUT2D eigenvalue weighted by molar-refractivity contribution is -0.139. The first-order valence-corrected chi connectivity index (χ1v) is 9.04. The molecule has 0 spiro atoms. The molecule has 0 amide bonds. The fraction of sp³-hybridized carbons (Fsp3) is 0.364. The Balaban J connectivity index is 0.000000277. The second kappa shape index (κ2) is 11.1. The third-order valence-corrected chi connectivity index (χ3v) is 4.11. The Labute approximate surface area is 160 Å². The van der Waals surface area contributed by atoms with E-state index in [9.17, 15) is 9.59 Å². The van der Waals surface area contributed by atoms with E-state index in [1.165, 1.54) is 5.56 Å². The van der Waals surface area contributed by atoms with Crippen LogP contribution in [-0.2, 0) is 22.4 Å². The van der Waals surface area contributed by atoms with E-state index in [1.807, 2.05) is 54.6 Å². The van der Waals surface area contributed by atoms with Gasteiger partial charge in [-0.1, -0.05) is 68.4 Å². The van der Waals surface area contributed by atoms with Crippen molar-refractivity contribution in [1.29, 1.82) is 0 Å². The molecule has 0 aliphatic rings. The number of nitrogens with two attached hydrogens (primary N) is 1. The van der Waals surface area contributed by atoms with E-state index in [0.29, 0.717) is 12.3 Å². The van der Waals surface area contributed by atoms with E-state index in [4.69, 9.17) is 15.9 Å². The Kier molecular flexibility index (Phi) is 9.23. The van der Waals surface area contributed by atoms with Crippen LogP contribution < -0.4 is 5.73 Å². The Morgan fingerprint density at radius 2 is 1.33 bits per heavy atom. The van der Waals surface area contributed by atoms with Crippen LogP contribution in [0.1, 0.15) is 43.4 Å². The first-order chi connectivity index (χ1) is 12.7. The summed E-state index contributed by atoms with van der Waals surface area (Å²) in [6, 6.07) is 16.4. The molecule has 0 heterocycles. The number of aliphatic carboxylic acids is 2. The second-order valence-electron chi connectivity index (χ2n) is 7.03. The van der Waals surface area contributed by atoms with Crippen LogP contribution in [0.5, 0.6) is 0 Å². The van der Waals surface area contributed by atoms with Gasteiger partial charge in [-0.2, -0.15) is 0 Å². The molecule has 4 N–H and O–H groups in total. The molecular weight excluding hydrogens is 342 g/mol. The van der Waals surface area contributed by atoms with Crippen molar-refractivity contribution in [2.24, 2.45) is 11.7 Å². The highest BCUT2D eigenvalue weighted by Crippen LogP contribution is 2.17. The van der Waals surface area contributed by atoms with E-state index in [0.717, 1.165) is 17.5 Å². The van der Waals surface area contributed by atoms with E-state index in [1.54, 1.807) is 6.92 Å². The lowest BCUT2D eigenvalue weighted by Gasteiger charge is -2.09. The maximum atomic E-state index is 10.8. The molecule has 146 valence electrons. The first-order valence-electron chi connectivity index (χ1n) is 9.04. The van der Waals surface area contributed by atoms with E-state index in [2.05, 4.69) is 13.8 Å². The minimum Gasteiger partial charge on any atom is -0.481 e. The van der Waals surface area contributed by atoms with Crippen molar-refractivity contribution >= 4 is 11.9 Å². The van der Waals surface area contributed by atoms with Crippen molar-refractivity contribution in [2.75, 3.05) is 0 Å². The molecule has 2 aromatic carbocycles. The van der Waals surface area contributed by atoms with Gasteiger partial charge in [0.1, 0.15) is 6.04 Å². The molecule has 0 saturated carbocycles. The molecule has 5 nitrogen and oxygen atoms in total. The van der Waals surface area contributed by atoms with Crippen LogP contribution in [0.4, 0.5) is 0 Å². The van der Waals surface area contributed by atoms with Crippen LogP contribution in [0, 0.1) is 5.92 Å². The molecule has 0 aliphatic carbocycles. The summed E-state index contributed by atoms with van der Waals surface area (Å²) in [5.74, 6) is -1.52. The lowest BCUT2D eigenvalue weighted by Crippen LogP contribution is -2.32. The molecule has 0 aliphatic heterocycles. The summed E-state index contributed by atoms with van der Waals surface area (Å²) in [6.45, 7) is 6.06. The highest BCUT2D eigenvalue weighted by atomic mass is 16.4. The average Bonchev–Trinajstić information content (AvgIpc) is 2.62. The van der Waals surface area contributed by atoms with E-state index < -0.39 is 23.9 Å². The zero-order valence-corrected chi connectivity index (χ0v) is 16.1. The van der Waals surface area contributed by atoms with Gasteiger partial charge in [0.2, 0.25) is 0 Å². The number of hydrogen-bond donors (Lipinski definition) is 3. The van der Waals surface area contributed by atoms with Crippen molar-refractivity contribution in [3.63, 3.8) is 0 Å². The summed E-state index contributed by atoms with van der Waals surface area (Å²) in [5.41, 5.74) is 8.44. The molecule has 2 atom stereocenters. The third kappa shape index (κ3) is 8.51. The van der Waals surface area contributed by atoms with Gasteiger partial charge in [0.25, 0.3) is 0 Å². The summed E-state index contributed by atoms with van der Waals surface area (Å²) < 4.78 is 0. The van der Waals surface area contributed by atoms with Gasteiger partial charge in [0, 0.05) is 0 Å². The predicted octanol–water partition coefficient (Wildman–Crippen LogP) is 3.71. The minimum atomic E-state index is -0.959. The zero-order chi connectivity index (χ0) is 20.4. The normalized spacial score (nSPS) is 12.6. The Morgan fingerprint density at radius 1 is 0.815 bits per heavy atom. The second-order valence-corrected chi connectivity index (χ2v) is 7.03. The van der Waals surface area contributed by atoms with Gasteiger partial charge in [-0.25, -0.2) is 0 Å². The van der Waals surface area contributed by atoms with Crippen LogP contribution >= 0.6 is 0 Å². The van der Waals surface area contributed by atoms with Crippen molar-refractivity contribution < 1.29 is 19.8 Å². The summed E-state index contributed by atoms with van der Waals surface area (Å²) in [4.78, 5) is 21.1. The monoisotopic (exact) mass is 371 g/mol. The van der Waals surface area contributed by atoms with E-state index in [-0.39, 0.29) is 0 Å². The van der Waals surface area contributed by atoms with Gasteiger partial charge in [-0.3, -0.25) is 9.59 Å². The average molecular weight is 371 g/mol. The first kappa shape index (κ1) is 22.4. The lowest BCUT2D eigenvalue weighted by atomic mass is 9.97. The molecule has 0 radical (unpaired) electrons. The summed E-state index contributed by atoms with van der Waals surface area (Å²) >= 11 is 0. The number of rotatable bonds is 7. The van der Waals surface area contributed by atoms with Crippen LogP contribution in [0.25, 0.3) is 0 Å². The maximum Gasteiger partial charge on any atom is 0.320 e. The number of carboxylic acid groups (broad SMARTS) is 2. The number of hydrogen-bond acceptors (Lipinski definition) is 3. The van der Waals surface area contributed by atoms with Gasteiger partial charge >= 0.3 is 11.9 Å². The van der Waals surface area contributed by atoms with Crippen molar-refractivity contribution in [3.05, 3.63) is 71.3 Å². The molecule has 27 heavy (non-hydrogen) atoms. The van der Waals surface area contributed by atoms with Gasteiger partial charge in [0.05, 0.1) is 5.92 Å². The Hall–Kier alpha value is -2.66. The quantitative estimate of drug-likeness (QED) is 0.689. The van der Waals surface area contributed by atoms with Gasteiger partial charge in [-0.15, -0.1) is 0 Å². The van der Waals surface area contributed by atoms with Crippen molar-refractivity contribution in [2.45, 2.75) is 45.6 Å². The maximum absolute atomic E-state index is 10.8. The van der Waals surface area contributed by atoms with Crippen LogP contribution in [0.3, 0.4) is 0 Å². The fourth-order valence-electron chi connectivity index (χ4n) is 2.51. The van der Waals surface area contributed by atoms with Crippen LogP contribution in [0.2, 0.25) is 0 Å². The van der Waals surface area contributed by atoms with Crippen LogP contribution in [-0.4, -0.2) is 28.2 Å². The Morgan fingerprint density at radius 3 is 1.78 bits per heavy atom. The highest BCUT2D eigenvalue weighted by molar-refractivity contribution is 5.75. The van der Waals surface area contributed by atoms with Crippen molar-refractivity contribution in [3.8, 4) is 0 Å². The summed E-state index contributed by atoms with van der Waals surface area (Å²) in [7, 11) is 0. The van der Waals surface area contributed by atoms with E-state index >= 15 is 0 Å². The standard InChI is InChI=1S/C13H18O2.C9H11NO2/c1-9(2)8-11-4-6-12(7-5-11)10(3)13(14)15;10-8(9(11)12)6-7-4-2-1-3-5-7/h4-7,9-10H,8H2,1-3H3,(H,14,15);1-5,8H,6,10H2,(H,11,12). The number of carbonyl (C=O) groups is 2. The predicted molar refractivity (Wildman–Crippen MR) is 107 cm³/mol. The minimum absolute atomic E-state index is 0.385.